The van der Waals surface area contributed by atoms with E-state index in [2.05, 4.69) is 9.82 Å². The number of hydrogen-bond acceptors (Lipinski definition) is 3. The molecule has 0 aliphatic rings. The minimum Gasteiger partial charge on any atom is -0.281 e. The molecule has 5 nitrogen and oxygen atoms in total. The summed E-state index contributed by atoms with van der Waals surface area (Å²) in [5.74, 6) is 0. The van der Waals surface area contributed by atoms with E-state index in [4.69, 9.17) is 11.6 Å². The Bertz CT molecular complexity index is 635. The highest BCUT2D eigenvalue weighted by molar-refractivity contribution is 7.92. The summed E-state index contributed by atoms with van der Waals surface area (Å²) in [7, 11) is -3.26. The van der Waals surface area contributed by atoms with Crippen LogP contribution in [0.1, 0.15) is 5.56 Å². The average Bonchev–Trinajstić information content (AvgIpc) is 2.66. The lowest BCUT2D eigenvalue weighted by Gasteiger charge is -2.02. The van der Waals surface area contributed by atoms with Crippen LogP contribution in [0.4, 0.5) is 5.69 Å². The minimum atomic E-state index is -3.26. The number of nitrogens with one attached hydrogen (secondary N) is 1. The van der Waals surface area contributed by atoms with Crippen LogP contribution in [-0.2, 0) is 16.6 Å². The molecule has 1 aromatic carbocycles. The van der Waals surface area contributed by atoms with E-state index in [0.717, 1.165) is 11.8 Å². The number of hydrogen-bond donors (Lipinski definition) is 1. The van der Waals surface area contributed by atoms with Crippen molar-refractivity contribution < 1.29 is 8.42 Å². The van der Waals surface area contributed by atoms with Gasteiger partial charge in [0.05, 0.1) is 24.7 Å². The summed E-state index contributed by atoms with van der Waals surface area (Å²) in [6.45, 7) is 0.558. The van der Waals surface area contributed by atoms with Gasteiger partial charge in [-0.25, -0.2) is 8.42 Å². The molecule has 96 valence electrons. The van der Waals surface area contributed by atoms with Crippen molar-refractivity contribution in [3.8, 4) is 0 Å². The zero-order chi connectivity index (χ0) is 13.2. The maximum atomic E-state index is 11.0. The lowest BCUT2D eigenvalue weighted by molar-refractivity contribution is 0.607. The zero-order valence-corrected chi connectivity index (χ0v) is 11.2. The van der Waals surface area contributed by atoms with Crippen LogP contribution in [0.2, 0.25) is 5.02 Å². The molecule has 0 aliphatic heterocycles. The fourth-order valence-corrected chi connectivity index (χ4v) is 2.15. The Kier molecular flexibility index (Phi) is 3.58. The van der Waals surface area contributed by atoms with Gasteiger partial charge in [-0.2, -0.15) is 5.10 Å². The number of rotatable bonds is 4. The zero-order valence-electron chi connectivity index (χ0n) is 9.67. The summed E-state index contributed by atoms with van der Waals surface area (Å²) in [6.07, 6.45) is 4.20. The topological polar surface area (TPSA) is 64.0 Å². The van der Waals surface area contributed by atoms with Gasteiger partial charge < -0.3 is 0 Å². The second-order valence-corrected chi connectivity index (χ2v) is 6.11. The fraction of sp³-hybridized carbons (Fsp3) is 0.182. The summed E-state index contributed by atoms with van der Waals surface area (Å²) in [4.78, 5) is 0. The Hall–Kier alpha value is -1.53. The predicted molar refractivity (Wildman–Crippen MR) is 71.2 cm³/mol. The van der Waals surface area contributed by atoms with Crippen molar-refractivity contribution >= 4 is 27.3 Å². The van der Waals surface area contributed by atoms with Gasteiger partial charge in [-0.15, -0.1) is 0 Å². The number of benzene rings is 1. The first-order valence-electron chi connectivity index (χ1n) is 5.17. The molecular weight excluding hydrogens is 274 g/mol. The molecule has 0 radical (unpaired) electrons. The standard InChI is InChI=1S/C11H12ClN3O2S/c1-18(16,17)14-11-6-13-15(8-11)7-9-2-4-10(12)5-3-9/h2-6,8,14H,7H2,1H3. The van der Waals surface area contributed by atoms with Crippen LogP contribution >= 0.6 is 11.6 Å². The molecule has 1 aromatic heterocycles. The molecule has 0 bridgehead atoms. The first-order valence-corrected chi connectivity index (χ1v) is 7.44. The van der Waals surface area contributed by atoms with Crippen molar-refractivity contribution in [3.05, 3.63) is 47.2 Å². The maximum absolute atomic E-state index is 11.0. The van der Waals surface area contributed by atoms with Crippen molar-refractivity contribution in [1.29, 1.82) is 0 Å². The molecule has 0 unspecified atom stereocenters. The Morgan fingerprint density at radius 3 is 2.61 bits per heavy atom. The second kappa shape index (κ2) is 4.99. The van der Waals surface area contributed by atoms with Crippen LogP contribution in [0.3, 0.4) is 0 Å². The molecule has 0 amide bonds. The second-order valence-electron chi connectivity index (χ2n) is 3.93. The van der Waals surface area contributed by atoms with Crippen LogP contribution in [0.5, 0.6) is 0 Å². The Labute approximate surface area is 110 Å². The van der Waals surface area contributed by atoms with Crippen molar-refractivity contribution in [2.75, 3.05) is 11.0 Å². The first kappa shape index (κ1) is 12.9. The third kappa shape index (κ3) is 3.75. The molecule has 2 aromatic rings. The molecule has 18 heavy (non-hydrogen) atoms. The largest absolute Gasteiger partial charge is 0.281 e. The van der Waals surface area contributed by atoms with Gasteiger partial charge in [-0.05, 0) is 17.7 Å². The number of sulfonamides is 1. The van der Waals surface area contributed by atoms with Gasteiger partial charge in [0.15, 0.2) is 0 Å². The summed E-state index contributed by atoms with van der Waals surface area (Å²) in [5.41, 5.74) is 1.49. The number of nitrogens with zero attached hydrogens (tertiary/aromatic N) is 2. The molecule has 0 atom stereocenters. The van der Waals surface area contributed by atoms with E-state index >= 15 is 0 Å². The van der Waals surface area contributed by atoms with Crippen LogP contribution in [0.25, 0.3) is 0 Å². The van der Waals surface area contributed by atoms with Gasteiger partial charge in [0.25, 0.3) is 0 Å². The van der Waals surface area contributed by atoms with Crippen LogP contribution in [0, 0.1) is 0 Å². The van der Waals surface area contributed by atoms with Crippen molar-refractivity contribution in [1.82, 2.24) is 9.78 Å². The first-order chi connectivity index (χ1) is 8.42. The third-order valence-corrected chi connectivity index (χ3v) is 3.05. The smallest absolute Gasteiger partial charge is 0.229 e. The highest BCUT2D eigenvalue weighted by Crippen LogP contribution is 2.12. The highest BCUT2D eigenvalue weighted by Gasteiger charge is 2.04. The van der Waals surface area contributed by atoms with Gasteiger partial charge in [-0.1, -0.05) is 23.7 Å². The highest BCUT2D eigenvalue weighted by atomic mass is 35.5. The third-order valence-electron chi connectivity index (χ3n) is 2.19. The van der Waals surface area contributed by atoms with Crippen LogP contribution in [0.15, 0.2) is 36.7 Å². The predicted octanol–water partition coefficient (Wildman–Crippen LogP) is 1.96. The van der Waals surface area contributed by atoms with E-state index in [0.29, 0.717) is 17.3 Å². The molecule has 0 aliphatic carbocycles. The normalized spacial score (nSPS) is 11.4. The quantitative estimate of drug-likeness (QED) is 0.934. The molecule has 0 fully saturated rings. The van der Waals surface area contributed by atoms with E-state index in [1.807, 2.05) is 12.1 Å². The van der Waals surface area contributed by atoms with Gasteiger partial charge in [0.1, 0.15) is 0 Å². The van der Waals surface area contributed by atoms with Crippen LogP contribution < -0.4 is 4.72 Å². The summed E-state index contributed by atoms with van der Waals surface area (Å²) >= 11 is 5.79. The molecule has 2 rings (SSSR count). The monoisotopic (exact) mass is 285 g/mol. The lowest BCUT2D eigenvalue weighted by atomic mass is 10.2. The van der Waals surface area contributed by atoms with E-state index in [-0.39, 0.29) is 0 Å². The summed E-state index contributed by atoms with van der Waals surface area (Å²) in [6, 6.07) is 7.40. The van der Waals surface area contributed by atoms with Crippen molar-refractivity contribution in [2.45, 2.75) is 6.54 Å². The van der Waals surface area contributed by atoms with Gasteiger partial charge in [-0.3, -0.25) is 9.40 Å². The SMILES string of the molecule is CS(=O)(=O)Nc1cnn(Cc2ccc(Cl)cc2)c1. The number of aromatic nitrogens is 2. The molecular formula is C11H12ClN3O2S. The van der Waals surface area contributed by atoms with Gasteiger partial charge in [0.2, 0.25) is 10.0 Å². The molecule has 7 heteroatoms. The molecule has 0 saturated heterocycles. The minimum absolute atomic E-state index is 0.450. The average molecular weight is 286 g/mol. The Morgan fingerprint density at radius 1 is 1.33 bits per heavy atom. The summed E-state index contributed by atoms with van der Waals surface area (Å²) in [5, 5.41) is 4.75. The van der Waals surface area contributed by atoms with E-state index in [9.17, 15) is 8.42 Å². The molecule has 1 N–H and O–H groups in total. The molecule has 0 spiro atoms. The van der Waals surface area contributed by atoms with Gasteiger partial charge >= 0.3 is 0 Å². The number of halogens is 1. The van der Waals surface area contributed by atoms with Crippen molar-refractivity contribution in [3.63, 3.8) is 0 Å². The van der Waals surface area contributed by atoms with E-state index in [1.165, 1.54) is 6.20 Å². The Morgan fingerprint density at radius 2 is 2.00 bits per heavy atom. The lowest BCUT2D eigenvalue weighted by Crippen LogP contribution is -2.08. The fourth-order valence-electron chi connectivity index (χ4n) is 1.49. The van der Waals surface area contributed by atoms with Gasteiger partial charge in [0, 0.05) is 11.2 Å². The molecule has 1 heterocycles. The van der Waals surface area contributed by atoms with Crippen molar-refractivity contribution in [2.24, 2.45) is 0 Å². The molecule has 0 saturated carbocycles. The van der Waals surface area contributed by atoms with E-state index in [1.54, 1.807) is 23.0 Å². The Balaban J connectivity index is 2.09. The number of anilines is 1. The maximum Gasteiger partial charge on any atom is 0.229 e. The van der Waals surface area contributed by atoms with E-state index < -0.39 is 10.0 Å². The van der Waals surface area contributed by atoms with Crippen LogP contribution in [-0.4, -0.2) is 24.5 Å². The summed E-state index contributed by atoms with van der Waals surface area (Å²) < 4.78 is 26.1.